The molecule has 0 radical (unpaired) electrons. The molecule has 0 atom stereocenters. The summed E-state index contributed by atoms with van der Waals surface area (Å²) in [4.78, 5) is 27.5. The van der Waals surface area contributed by atoms with Gasteiger partial charge in [0, 0.05) is 11.5 Å². The molecule has 0 unspecified atom stereocenters. The molecule has 0 amide bonds. The van der Waals surface area contributed by atoms with Crippen LogP contribution in [0.5, 0.6) is 0 Å². The number of nitrogens with zero attached hydrogens (tertiary/aromatic N) is 5. The van der Waals surface area contributed by atoms with Crippen LogP contribution in [0.2, 0.25) is 0 Å². The summed E-state index contributed by atoms with van der Waals surface area (Å²) < 4.78 is 2.57. The van der Waals surface area contributed by atoms with Crippen LogP contribution < -0.4 is 5.56 Å². The summed E-state index contributed by atoms with van der Waals surface area (Å²) in [6.07, 6.45) is 2.85. The Morgan fingerprint density at radius 3 is 2.63 bits per heavy atom. The summed E-state index contributed by atoms with van der Waals surface area (Å²) in [5.41, 5.74) is -0.828. The van der Waals surface area contributed by atoms with E-state index in [1.807, 2.05) is 20.8 Å². The third-order valence-corrected chi connectivity index (χ3v) is 2.64. The number of carbonyl (C=O) groups is 1. The van der Waals surface area contributed by atoms with E-state index in [9.17, 15) is 9.59 Å². The lowest BCUT2D eigenvalue weighted by molar-refractivity contribution is -0.127. The van der Waals surface area contributed by atoms with Crippen molar-refractivity contribution in [3.05, 3.63) is 35.1 Å². The van der Waals surface area contributed by atoms with Crippen LogP contribution in [0.15, 0.2) is 29.6 Å². The van der Waals surface area contributed by atoms with Crippen molar-refractivity contribution in [1.82, 2.24) is 24.5 Å². The second-order valence-electron chi connectivity index (χ2n) is 5.20. The maximum Gasteiger partial charge on any atom is 0.267 e. The van der Waals surface area contributed by atoms with Crippen LogP contribution >= 0.6 is 0 Å². The van der Waals surface area contributed by atoms with Crippen LogP contribution in [0.4, 0.5) is 0 Å². The van der Waals surface area contributed by atoms with Gasteiger partial charge in [-0.1, -0.05) is 20.8 Å². The van der Waals surface area contributed by atoms with Crippen LogP contribution in [0.3, 0.4) is 0 Å². The Kier molecular flexibility index (Phi) is 3.28. The highest BCUT2D eigenvalue weighted by Gasteiger charge is 2.22. The molecule has 0 bridgehead atoms. The van der Waals surface area contributed by atoms with Gasteiger partial charge in [0.25, 0.3) is 5.56 Å². The number of carbonyl (C=O) groups excluding carboxylic acids is 1. The van der Waals surface area contributed by atoms with Gasteiger partial charge in [-0.2, -0.15) is 5.10 Å². The van der Waals surface area contributed by atoms with Crippen molar-refractivity contribution in [2.24, 2.45) is 5.41 Å². The number of hydrogen-bond acceptors (Lipinski definition) is 5. The van der Waals surface area contributed by atoms with E-state index >= 15 is 0 Å². The topological polar surface area (TPSA) is 82.7 Å². The van der Waals surface area contributed by atoms with E-state index in [1.54, 1.807) is 0 Å². The molecule has 19 heavy (non-hydrogen) atoms. The van der Waals surface area contributed by atoms with Gasteiger partial charge in [-0.05, 0) is 6.07 Å². The first-order chi connectivity index (χ1) is 8.88. The predicted octanol–water partition coefficient (Wildman–Crippen LogP) is 0.439. The molecule has 0 aromatic carbocycles. The average molecular weight is 261 g/mol. The monoisotopic (exact) mass is 261 g/mol. The molecule has 0 aliphatic carbocycles. The smallest absolute Gasteiger partial charge is 0.267 e. The highest BCUT2D eigenvalue weighted by molar-refractivity contribution is 5.83. The zero-order valence-electron chi connectivity index (χ0n) is 11.1. The molecule has 2 heterocycles. The van der Waals surface area contributed by atoms with Crippen LogP contribution in [0, 0.1) is 5.41 Å². The van der Waals surface area contributed by atoms with Crippen LogP contribution in [0.25, 0.3) is 5.82 Å². The molecule has 0 aliphatic rings. The summed E-state index contributed by atoms with van der Waals surface area (Å²) in [7, 11) is 0. The van der Waals surface area contributed by atoms with Gasteiger partial charge in [0.15, 0.2) is 11.6 Å². The third kappa shape index (κ3) is 2.93. The molecular formula is C12H15N5O2. The van der Waals surface area contributed by atoms with Crippen molar-refractivity contribution in [1.29, 1.82) is 0 Å². The summed E-state index contributed by atoms with van der Waals surface area (Å²) in [5.74, 6) is 0.386. The first kappa shape index (κ1) is 13.1. The Morgan fingerprint density at radius 2 is 2.05 bits per heavy atom. The minimum atomic E-state index is -0.510. The molecule has 7 nitrogen and oxygen atoms in total. The molecule has 0 N–H and O–H groups in total. The van der Waals surface area contributed by atoms with E-state index in [-0.39, 0.29) is 17.9 Å². The zero-order chi connectivity index (χ0) is 14.0. The molecular weight excluding hydrogens is 246 g/mol. The van der Waals surface area contributed by atoms with E-state index in [0.29, 0.717) is 5.82 Å². The first-order valence-electron chi connectivity index (χ1n) is 5.84. The maximum absolute atomic E-state index is 11.9. The van der Waals surface area contributed by atoms with Gasteiger partial charge in [0.1, 0.15) is 19.2 Å². The van der Waals surface area contributed by atoms with Crippen molar-refractivity contribution >= 4 is 5.78 Å². The molecule has 2 rings (SSSR count). The van der Waals surface area contributed by atoms with Crippen LogP contribution in [-0.2, 0) is 11.3 Å². The van der Waals surface area contributed by atoms with Gasteiger partial charge in [0.2, 0.25) is 0 Å². The Labute approximate surface area is 109 Å². The molecule has 100 valence electrons. The minimum absolute atomic E-state index is 0.0507. The van der Waals surface area contributed by atoms with Gasteiger partial charge >= 0.3 is 0 Å². The molecule has 2 aromatic heterocycles. The lowest BCUT2D eigenvalue weighted by Gasteiger charge is -2.16. The Morgan fingerprint density at radius 1 is 1.32 bits per heavy atom. The van der Waals surface area contributed by atoms with E-state index in [2.05, 4.69) is 15.2 Å². The van der Waals surface area contributed by atoms with Crippen LogP contribution in [-0.4, -0.2) is 30.3 Å². The summed E-state index contributed by atoms with van der Waals surface area (Å²) in [6.45, 7) is 5.37. The Balaban J connectivity index is 2.34. The molecule has 0 saturated carbocycles. The fourth-order valence-electron chi connectivity index (χ4n) is 1.37. The molecule has 0 spiro atoms. The predicted molar refractivity (Wildman–Crippen MR) is 67.9 cm³/mol. The van der Waals surface area contributed by atoms with E-state index in [0.717, 1.165) is 4.68 Å². The second kappa shape index (κ2) is 4.75. The van der Waals surface area contributed by atoms with Gasteiger partial charge in [0.05, 0.1) is 0 Å². The Hall–Kier alpha value is -2.31. The highest BCUT2D eigenvalue weighted by Crippen LogP contribution is 2.14. The largest absolute Gasteiger partial charge is 0.297 e. The highest BCUT2D eigenvalue weighted by atomic mass is 16.1. The van der Waals surface area contributed by atoms with E-state index < -0.39 is 5.41 Å². The third-order valence-electron chi connectivity index (χ3n) is 2.64. The van der Waals surface area contributed by atoms with Gasteiger partial charge in [-0.15, -0.1) is 5.10 Å². The SMILES string of the molecule is CC(C)(C)C(=O)Cn1nc(-n2cncn2)ccc1=O. The average Bonchev–Trinajstić information content (AvgIpc) is 2.84. The van der Waals surface area contributed by atoms with E-state index in [1.165, 1.54) is 29.5 Å². The number of aromatic nitrogens is 5. The van der Waals surface area contributed by atoms with Crippen molar-refractivity contribution in [2.45, 2.75) is 27.3 Å². The summed E-state index contributed by atoms with van der Waals surface area (Å²) >= 11 is 0. The maximum atomic E-state index is 11.9. The lowest BCUT2D eigenvalue weighted by Crippen LogP contribution is -2.32. The van der Waals surface area contributed by atoms with E-state index in [4.69, 9.17) is 0 Å². The van der Waals surface area contributed by atoms with Gasteiger partial charge in [-0.25, -0.2) is 14.3 Å². The standard InChI is InChI=1S/C12H15N5O2/c1-12(2,3)9(18)6-16-11(19)5-4-10(15-16)17-8-13-7-14-17/h4-5,7-8H,6H2,1-3H3. The molecule has 2 aromatic rings. The fourth-order valence-corrected chi connectivity index (χ4v) is 1.37. The molecule has 0 fully saturated rings. The van der Waals surface area contributed by atoms with Gasteiger partial charge < -0.3 is 0 Å². The van der Waals surface area contributed by atoms with Gasteiger partial charge in [-0.3, -0.25) is 9.59 Å². The van der Waals surface area contributed by atoms with Crippen molar-refractivity contribution in [3.63, 3.8) is 0 Å². The quantitative estimate of drug-likeness (QED) is 0.800. The summed E-state index contributed by atoms with van der Waals surface area (Å²) in [5, 5.41) is 8.04. The fraction of sp³-hybridized carbons (Fsp3) is 0.417. The number of rotatable bonds is 3. The lowest BCUT2D eigenvalue weighted by atomic mass is 9.91. The molecule has 7 heteroatoms. The Bertz CT molecular complexity index is 637. The van der Waals surface area contributed by atoms with Crippen molar-refractivity contribution < 1.29 is 4.79 Å². The second-order valence-corrected chi connectivity index (χ2v) is 5.20. The number of ketones is 1. The zero-order valence-corrected chi connectivity index (χ0v) is 11.1. The van der Waals surface area contributed by atoms with Crippen molar-refractivity contribution in [3.8, 4) is 5.82 Å². The van der Waals surface area contributed by atoms with Crippen LogP contribution in [0.1, 0.15) is 20.8 Å². The molecule has 0 aliphatic heterocycles. The van der Waals surface area contributed by atoms with Crippen molar-refractivity contribution in [2.75, 3.05) is 0 Å². The first-order valence-corrected chi connectivity index (χ1v) is 5.84. The number of Topliss-reactive ketones (excluding diaryl/α,β-unsaturated/α-hetero) is 1. The minimum Gasteiger partial charge on any atom is -0.297 e. The molecule has 0 saturated heterocycles. The summed E-state index contributed by atoms with van der Waals surface area (Å²) in [6, 6.07) is 2.90. The normalized spacial score (nSPS) is 11.5. The number of hydrogen-bond donors (Lipinski definition) is 0.